The van der Waals surface area contributed by atoms with Crippen LogP contribution in [0.1, 0.15) is 39.0 Å². The first-order valence-corrected chi connectivity index (χ1v) is 11.7. The van der Waals surface area contributed by atoms with Gasteiger partial charge in [-0.15, -0.1) is 0 Å². The molecule has 5 heteroatoms. The molecule has 30 heavy (non-hydrogen) atoms. The van der Waals surface area contributed by atoms with Crippen LogP contribution < -0.4 is 9.80 Å². The lowest BCUT2D eigenvalue weighted by molar-refractivity contribution is -0.903. The fraction of sp³-hybridized carbons (Fsp3) is 0.640. The fourth-order valence-electron chi connectivity index (χ4n) is 6.74. The number of carbonyl (C=O) groups is 1. The molecule has 0 spiro atoms. The third-order valence-electron chi connectivity index (χ3n) is 8.49. The van der Waals surface area contributed by atoms with Crippen LogP contribution in [0.2, 0.25) is 0 Å². The van der Waals surface area contributed by atoms with Crippen molar-refractivity contribution in [3.05, 3.63) is 42.2 Å². The molecule has 1 aromatic carbocycles. The molecule has 0 unspecified atom stereocenters. The van der Waals surface area contributed by atoms with Crippen LogP contribution in [0.5, 0.6) is 0 Å². The third-order valence-corrected chi connectivity index (χ3v) is 8.49. The number of benzene rings is 1. The molecular formula is C25H34FN2O2+. The van der Waals surface area contributed by atoms with Crippen LogP contribution in [-0.4, -0.2) is 44.8 Å². The van der Waals surface area contributed by atoms with Crippen molar-refractivity contribution in [2.45, 2.75) is 45.1 Å². The minimum Gasteiger partial charge on any atom is -0.462 e. The highest BCUT2D eigenvalue weighted by Gasteiger charge is 2.56. The summed E-state index contributed by atoms with van der Waals surface area (Å²) in [7, 11) is 0. The van der Waals surface area contributed by atoms with Gasteiger partial charge in [-0.25, -0.2) is 4.39 Å². The van der Waals surface area contributed by atoms with Gasteiger partial charge in [-0.1, -0.05) is 19.1 Å². The standard InChI is InChI=1S/C25H33FN2O2/c1-17-4-3-9-25(2)15-23-20(14-22(17)25)21(24(29)30-23)16-27-10-12-28(13-11-27)19-7-5-18(26)6-8-19/h5-8,20-23H,1,3-4,9-16H2,2H3/p+1/t20-,21-,22+,23-,25-/m1/s1. The summed E-state index contributed by atoms with van der Waals surface area (Å²) in [6.07, 6.45) is 5.80. The number of nitrogens with zero attached hydrogens (tertiary/aromatic N) is 1. The number of nitrogens with one attached hydrogen (secondary N) is 1. The second-order valence-electron chi connectivity index (χ2n) is 10.3. The van der Waals surface area contributed by atoms with Gasteiger partial charge in [-0.2, -0.15) is 0 Å². The molecule has 2 saturated heterocycles. The van der Waals surface area contributed by atoms with Gasteiger partial charge in [0.1, 0.15) is 17.8 Å². The van der Waals surface area contributed by atoms with Crippen LogP contribution in [0.3, 0.4) is 0 Å². The largest absolute Gasteiger partial charge is 0.462 e. The van der Waals surface area contributed by atoms with Crippen molar-refractivity contribution in [1.82, 2.24) is 0 Å². The summed E-state index contributed by atoms with van der Waals surface area (Å²) in [4.78, 5) is 16.6. The van der Waals surface area contributed by atoms with Gasteiger partial charge in [0.05, 0.1) is 32.7 Å². The Hall–Kier alpha value is -1.88. The average Bonchev–Trinajstić information content (AvgIpc) is 3.01. The molecular weight excluding hydrogens is 379 g/mol. The zero-order valence-electron chi connectivity index (χ0n) is 18.0. The number of carbonyl (C=O) groups excluding carboxylic acids is 1. The summed E-state index contributed by atoms with van der Waals surface area (Å²) >= 11 is 0. The fourth-order valence-corrected chi connectivity index (χ4v) is 6.74. The van der Waals surface area contributed by atoms with Crippen molar-refractivity contribution in [1.29, 1.82) is 0 Å². The minimum atomic E-state index is -0.193. The molecule has 162 valence electrons. The second kappa shape index (κ2) is 7.67. The van der Waals surface area contributed by atoms with Crippen LogP contribution in [-0.2, 0) is 9.53 Å². The highest BCUT2D eigenvalue weighted by atomic mass is 19.1. The van der Waals surface area contributed by atoms with Crippen LogP contribution in [0.15, 0.2) is 36.4 Å². The van der Waals surface area contributed by atoms with Gasteiger partial charge in [0.15, 0.2) is 0 Å². The molecule has 0 amide bonds. The lowest BCUT2D eigenvalue weighted by atomic mass is 9.55. The van der Waals surface area contributed by atoms with Crippen molar-refractivity contribution in [2.24, 2.45) is 23.2 Å². The maximum Gasteiger partial charge on any atom is 0.315 e. The van der Waals surface area contributed by atoms with Gasteiger partial charge in [-0.05, 0) is 67.7 Å². The Bertz CT molecular complexity index is 817. The SMILES string of the molecule is C=C1CCC[C@]2(C)C[C@H]3OC(=O)[C@H](C[NH+]4CCN(c5ccc(F)cc5)CC4)[C@H]3C[C@@H]12. The first kappa shape index (κ1) is 20.0. The zero-order valence-corrected chi connectivity index (χ0v) is 18.0. The summed E-state index contributed by atoms with van der Waals surface area (Å²) in [5.74, 6) is 0.775. The van der Waals surface area contributed by atoms with Crippen LogP contribution in [0.4, 0.5) is 10.1 Å². The first-order valence-electron chi connectivity index (χ1n) is 11.7. The van der Waals surface area contributed by atoms with Crippen molar-refractivity contribution in [2.75, 3.05) is 37.6 Å². The predicted molar refractivity (Wildman–Crippen MR) is 115 cm³/mol. The number of rotatable bonds is 3. The summed E-state index contributed by atoms with van der Waals surface area (Å²) in [6, 6.07) is 6.77. The molecule has 4 fully saturated rings. The van der Waals surface area contributed by atoms with Crippen LogP contribution in [0.25, 0.3) is 0 Å². The molecule has 2 aliphatic carbocycles. The van der Waals surface area contributed by atoms with E-state index in [0.29, 0.717) is 11.8 Å². The van der Waals surface area contributed by atoms with E-state index in [1.807, 2.05) is 12.1 Å². The number of hydrogen-bond donors (Lipinski definition) is 1. The molecule has 2 aliphatic heterocycles. The minimum absolute atomic E-state index is 0.0293. The Morgan fingerprint density at radius 2 is 2.00 bits per heavy atom. The molecule has 5 atom stereocenters. The highest BCUT2D eigenvalue weighted by molar-refractivity contribution is 5.75. The monoisotopic (exact) mass is 413 g/mol. The number of allylic oxidation sites excluding steroid dienone is 1. The highest BCUT2D eigenvalue weighted by Crippen LogP contribution is 2.56. The number of halogens is 1. The number of piperazine rings is 1. The smallest absolute Gasteiger partial charge is 0.315 e. The van der Waals surface area contributed by atoms with Crippen LogP contribution in [0, 0.1) is 29.0 Å². The number of anilines is 1. The molecule has 5 rings (SSSR count). The predicted octanol–water partition coefficient (Wildman–Crippen LogP) is 2.84. The number of ether oxygens (including phenoxy) is 1. The van der Waals surface area contributed by atoms with E-state index in [2.05, 4.69) is 18.4 Å². The van der Waals surface area contributed by atoms with E-state index >= 15 is 0 Å². The summed E-state index contributed by atoms with van der Waals surface area (Å²) in [5.41, 5.74) is 2.75. The maximum absolute atomic E-state index is 13.2. The van der Waals surface area contributed by atoms with Gasteiger partial charge >= 0.3 is 5.97 Å². The Kier molecular flexibility index (Phi) is 5.12. The van der Waals surface area contributed by atoms with Crippen LogP contribution >= 0.6 is 0 Å². The zero-order chi connectivity index (χ0) is 20.9. The lowest BCUT2D eigenvalue weighted by Crippen LogP contribution is -3.15. The van der Waals surface area contributed by atoms with E-state index in [0.717, 1.165) is 57.7 Å². The Balaban J connectivity index is 1.22. The van der Waals surface area contributed by atoms with E-state index in [1.165, 1.54) is 35.4 Å². The molecule has 0 aromatic heterocycles. The van der Waals surface area contributed by atoms with Gasteiger partial charge < -0.3 is 14.5 Å². The van der Waals surface area contributed by atoms with Crippen molar-refractivity contribution in [3.63, 3.8) is 0 Å². The third kappa shape index (κ3) is 3.55. The van der Waals surface area contributed by atoms with Gasteiger partial charge in [0.2, 0.25) is 0 Å². The van der Waals surface area contributed by atoms with Gasteiger partial charge in [0.25, 0.3) is 0 Å². The summed E-state index contributed by atoms with van der Waals surface area (Å²) < 4.78 is 19.1. The van der Waals surface area contributed by atoms with E-state index < -0.39 is 0 Å². The molecule has 4 aliphatic rings. The van der Waals surface area contributed by atoms with Crippen molar-refractivity contribution < 1.29 is 18.8 Å². The molecule has 4 nitrogen and oxygen atoms in total. The normalized spacial score (nSPS) is 36.9. The molecule has 0 radical (unpaired) electrons. The number of quaternary nitrogens is 1. The topological polar surface area (TPSA) is 34.0 Å². The maximum atomic E-state index is 13.2. The Morgan fingerprint density at radius 3 is 2.73 bits per heavy atom. The van der Waals surface area contributed by atoms with Crippen molar-refractivity contribution in [3.8, 4) is 0 Å². The average molecular weight is 414 g/mol. The van der Waals surface area contributed by atoms with Crippen molar-refractivity contribution >= 4 is 11.7 Å². The molecule has 1 N–H and O–H groups in total. The van der Waals surface area contributed by atoms with Gasteiger partial charge in [0, 0.05) is 11.6 Å². The molecule has 0 bridgehead atoms. The van der Waals surface area contributed by atoms with E-state index in [4.69, 9.17) is 4.74 Å². The summed E-state index contributed by atoms with van der Waals surface area (Å²) in [6.45, 7) is 11.6. The molecule has 2 saturated carbocycles. The second-order valence-corrected chi connectivity index (χ2v) is 10.3. The molecule has 1 aromatic rings. The lowest BCUT2D eigenvalue weighted by Gasteiger charge is -2.50. The molecule has 2 heterocycles. The number of fused-ring (bicyclic) bond motifs is 2. The number of hydrogen-bond acceptors (Lipinski definition) is 3. The van der Waals surface area contributed by atoms with E-state index in [-0.39, 0.29) is 29.2 Å². The Morgan fingerprint density at radius 1 is 1.27 bits per heavy atom. The summed E-state index contributed by atoms with van der Waals surface area (Å²) in [5, 5.41) is 0. The van der Waals surface area contributed by atoms with E-state index in [1.54, 1.807) is 0 Å². The quantitative estimate of drug-likeness (QED) is 0.611. The van der Waals surface area contributed by atoms with E-state index in [9.17, 15) is 9.18 Å². The Labute approximate surface area is 179 Å². The van der Waals surface area contributed by atoms with Gasteiger partial charge in [-0.3, -0.25) is 4.79 Å². The first-order chi connectivity index (χ1) is 14.4. The number of esters is 1.